The van der Waals surface area contributed by atoms with Crippen LogP contribution in [0.4, 0.5) is 4.39 Å². The molecule has 0 fully saturated rings. The van der Waals surface area contributed by atoms with Crippen LogP contribution in [-0.2, 0) is 0 Å². The van der Waals surface area contributed by atoms with E-state index in [0.717, 1.165) is 12.3 Å². The molecule has 0 radical (unpaired) electrons. The molecule has 1 aromatic carbocycles. The number of rotatable bonds is 5. The van der Waals surface area contributed by atoms with Gasteiger partial charge >= 0.3 is 5.97 Å². The fraction of sp³-hybridized carbons (Fsp3) is 0.308. The molecule has 18 heavy (non-hydrogen) atoms. The van der Waals surface area contributed by atoms with Gasteiger partial charge in [-0.25, -0.2) is 9.18 Å². The lowest BCUT2D eigenvalue weighted by atomic mass is 9.92. The molecule has 2 N–H and O–H groups in total. The third-order valence-corrected chi connectivity index (χ3v) is 2.77. The topological polar surface area (TPSA) is 73.5 Å². The van der Waals surface area contributed by atoms with Gasteiger partial charge in [-0.1, -0.05) is 6.92 Å². The Hall–Kier alpha value is -2.04. The van der Waals surface area contributed by atoms with Crippen molar-refractivity contribution in [3.63, 3.8) is 0 Å². The van der Waals surface area contributed by atoms with Crippen LogP contribution in [0.5, 0.6) is 0 Å². The molecule has 1 unspecified atom stereocenters. The summed E-state index contributed by atoms with van der Waals surface area (Å²) in [5.74, 6) is -1.86. The van der Waals surface area contributed by atoms with Crippen LogP contribution in [0.3, 0.4) is 0 Å². The van der Waals surface area contributed by atoms with E-state index in [0.29, 0.717) is 11.3 Å². The Kier molecular flexibility index (Phi) is 4.71. The highest BCUT2D eigenvalue weighted by Crippen LogP contribution is 2.23. The van der Waals surface area contributed by atoms with E-state index in [-0.39, 0.29) is 18.0 Å². The zero-order valence-electron chi connectivity index (χ0n) is 10.3. The molecule has 1 atom stereocenters. The molecule has 96 valence electrons. The molecule has 0 aromatic heterocycles. The molecular weight excluding hydrogens is 235 g/mol. The van der Waals surface area contributed by atoms with E-state index in [4.69, 9.17) is 10.5 Å². The highest BCUT2D eigenvalue weighted by atomic mass is 19.1. The first-order valence-corrected chi connectivity index (χ1v) is 5.50. The average Bonchev–Trinajstić information content (AvgIpc) is 2.34. The van der Waals surface area contributed by atoms with Crippen molar-refractivity contribution in [3.8, 4) is 0 Å². The number of carboxylic acid groups (broad SMARTS) is 1. The summed E-state index contributed by atoms with van der Waals surface area (Å²) in [6, 6.07) is 3.61. The largest absolute Gasteiger partial charge is 0.478 e. The molecule has 0 amide bonds. The molecule has 0 saturated carbocycles. The molecule has 4 nitrogen and oxygen atoms in total. The van der Waals surface area contributed by atoms with Gasteiger partial charge < -0.3 is 10.5 Å². The van der Waals surface area contributed by atoms with Crippen molar-refractivity contribution in [2.75, 3.05) is 6.54 Å². The van der Waals surface area contributed by atoms with Gasteiger partial charge in [0, 0.05) is 17.8 Å². The molecule has 0 saturated heterocycles. The summed E-state index contributed by atoms with van der Waals surface area (Å²) in [6.45, 7) is 3.75. The highest BCUT2D eigenvalue weighted by Gasteiger charge is 2.18. The number of benzene rings is 1. The number of carboxylic acids is 1. The number of halogens is 1. The first kappa shape index (κ1) is 14.0. The Bertz CT molecular complexity index is 498. The van der Waals surface area contributed by atoms with Gasteiger partial charge in [0.1, 0.15) is 5.82 Å². The first-order valence-electron chi connectivity index (χ1n) is 5.50. The molecule has 0 aliphatic heterocycles. The second-order valence-electron chi connectivity index (χ2n) is 3.94. The summed E-state index contributed by atoms with van der Waals surface area (Å²) < 4.78 is 13.2. The summed E-state index contributed by atoms with van der Waals surface area (Å²) in [4.78, 5) is 15.2. The molecule has 0 bridgehead atoms. The second-order valence-corrected chi connectivity index (χ2v) is 3.94. The van der Waals surface area contributed by atoms with Gasteiger partial charge in [0.05, 0.1) is 12.1 Å². The lowest BCUT2D eigenvalue weighted by molar-refractivity contribution is 0.0695. The molecule has 1 aromatic rings. The summed E-state index contributed by atoms with van der Waals surface area (Å²) in [7, 11) is 0. The van der Waals surface area contributed by atoms with Crippen LogP contribution in [0, 0.1) is 11.2 Å². The maximum Gasteiger partial charge on any atom is 0.335 e. The van der Waals surface area contributed by atoms with Gasteiger partial charge in [0.2, 0.25) is 0 Å². The highest BCUT2D eigenvalue weighted by molar-refractivity contribution is 5.95. The number of aliphatic imine (C=N–C) groups is 1. The van der Waals surface area contributed by atoms with Crippen LogP contribution in [-0.4, -0.2) is 29.5 Å². The lowest BCUT2D eigenvalue weighted by Crippen LogP contribution is -2.12. The van der Waals surface area contributed by atoms with E-state index in [1.165, 1.54) is 12.1 Å². The van der Waals surface area contributed by atoms with E-state index in [1.807, 2.05) is 0 Å². The number of hydrogen-bond donors (Lipinski definition) is 2. The van der Waals surface area contributed by atoms with E-state index in [1.54, 1.807) is 13.8 Å². The third kappa shape index (κ3) is 3.23. The molecule has 1 rings (SSSR count). The Balaban J connectivity index is 3.18. The van der Waals surface area contributed by atoms with Crippen molar-refractivity contribution in [1.29, 1.82) is 5.41 Å². The van der Waals surface area contributed by atoms with Crippen LogP contribution in [0.2, 0.25) is 0 Å². The summed E-state index contributed by atoms with van der Waals surface area (Å²) >= 11 is 0. The summed E-state index contributed by atoms with van der Waals surface area (Å²) in [6.07, 6.45) is 1.15. The zero-order chi connectivity index (χ0) is 13.7. The van der Waals surface area contributed by atoms with Gasteiger partial charge in [-0.3, -0.25) is 4.99 Å². The van der Waals surface area contributed by atoms with Gasteiger partial charge in [-0.2, -0.15) is 0 Å². The predicted octanol–water partition coefficient (Wildman–Crippen LogP) is 2.74. The number of hydrogen-bond acceptors (Lipinski definition) is 3. The Labute approximate surface area is 105 Å². The zero-order valence-corrected chi connectivity index (χ0v) is 10.3. The fourth-order valence-corrected chi connectivity index (χ4v) is 1.64. The first-order chi connectivity index (χ1) is 8.47. The molecule has 5 heteroatoms. The van der Waals surface area contributed by atoms with Crippen molar-refractivity contribution in [2.45, 2.75) is 19.8 Å². The van der Waals surface area contributed by atoms with E-state index >= 15 is 0 Å². The molecule has 0 spiro atoms. The smallest absolute Gasteiger partial charge is 0.335 e. The quantitative estimate of drug-likeness (QED) is 0.788. The molecule has 0 heterocycles. The Morgan fingerprint density at radius 3 is 2.83 bits per heavy atom. The monoisotopic (exact) mass is 250 g/mol. The van der Waals surface area contributed by atoms with Crippen molar-refractivity contribution in [1.82, 2.24) is 0 Å². The van der Waals surface area contributed by atoms with E-state index in [2.05, 4.69) is 4.99 Å². The lowest BCUT2D eigenvalue weighted by Gasteiger charge is -2.14. The molecule has 0 aliphatic carbocycles. The number of nitrogens with zero attached hydrogens (tertiary/aromatic N) is 1. The van der Waals surface area contributed by atoms with Crippen molar-refractivity contribution >= 4 is 17.9 Å². The number of nitrogens with one attached hydrogen (secondary N) is 1. The van der Waals surface area contributed by atoms with Crippen molar-refractivity contribution in [2.24, 2.45) is 4.99 Å². The molecule has 0 aliphatic rings. The van der Waals surface area contributed by atoms with Crippen molar-refractivity contribution < 1.29 is 14.3 Å². The number of carbonyl (C=O) groups is 1. The van der Waals surface area contributed by atoms with Crippen LogP contribution in [0.1, 0.15) is 35.7 Å². The van der Waals surface area contributed by atoms with Crippen LogP contribution < -0.4 is 0 Å². The number of aromatic carboxylic acids is 1. The van der Waals surface area contributed by atoms with Gasteiger partial charge in [0.15, 0.2) is 0 Å². The fourth-order valence-electron chi connectivity index (χ4n) is 1.64. The van der Waals surface area contributed by atoms with Crippen LogP contribution in [0.15, 0.2) is 23.2 Å². The van der Waals surface area contributed by atoms with Gasteiger partial charge in [-0.15, -0.1) is 0 Å². The minimum atomic E-state index is -1.09. The normalized spacial score (nSPS) is 13.2. The van der Waals surface area contributed by atoms with Gasteiger partial charge in [-0.05, 0) is 30.7 Å². The third-order valence-electron chi connectivity index (χ3n) is 2.77. The SMILES string of the molecule is CC(=NCC=N)C(C)c1cc(F)ccc1C(=O)O. The van der Waals surface area contributed by atoms with Crippen LogP contribution >= 0.6 is 0 Å². The minimum Gasteiger partial charge on any atom is -0.478 e. The maximum absolute atomic E-state index is 13.2. The summed E-state index contributed by atoms with van der Waals surface area (Å²) in [5, 5.41) is 16.0. The summed E-state index contributed by atoms with van der Waals surface area (Å²) in [5.41, 5.74) is 1.15. The van der Waals surface area contributed by atoms with E-state index in [9.17, 15) is 9.18 Å². The average molecular weight is 250 g/mol. The predicted molar refractivity (Wildman–Crippen MR) is 68.5 cm³/mol. The van der Waals surface area contributed by atoms with Crippen molar-refractivity contribution in [3.05, 3.63) is 35.1 Å². The maximum atomic E-state index is 13.2. The van der Waals surface area contributed by atoms with Crippen LogP contribution in [0.25, 0.3) is 0 Å². The minimum absolute atomic E-state index is 0.0771. The standard InChI is InChI=1S/C13H15FN2O2/c1-8(9(2)16-6-5-15)12-7-10(14)3-4-11(12)13(17)18/h3-5,7-8,15H,6H2,1-2H3,(H,17,18). The van der Waals surface area contributed by atoms with E-state index < -0.39 is 11.8 Å². The van der Waals surface area contributed by atoms with Gasteiger partial charge in [0.25, 0.3) is 0 Å². The Morgan fingerprint density at radius 1 is 1.61 bits per heavy atom. The molecular formula is C13H15FN2O2. The second kappa shape index (κ2) is 6.05. The Morgan fingerprint density at radius 2 is 2.28 bits per heavy atom.